The van der Waals surface area contributed by atoms with Crippen LogP contribution in [0.1, 0.15) is 5.82 Å². The molecule has 0 aromatic carbocycles. The van der Waals surface area contributed by atoms with Crippen molar-refractivity contribution in [3.8, 4) is 0 Å². The number of nitrogens with one attached hydrogen (secondary N) is 2. The minimum Gasteiger partial charge on any atom is -0.448 e. The first-order chi connectivity index (χ1) is 6.29. The average Bonchev–Trinajstić information content (AvgIpc) is 2.55. The van der Waals surface area contributed by atoms with Crippen LogP contribution >= 0.6 is 0 Å². The number of primary amides is 1. The monoisotopic (exact) mass is 184 g/mol. The van der Waals surface area contributed by atoms with Crippen LogP contribution in [0.2, 0.25) is 0 Å². The first kappa shape index (κ1) is 9.53. The van der Waals surface area contributed by atoms with Crippen molar-refractivity contribution in [2.24, 2.45) is 5.73 Å². The molecule has 1 amide bonds. The van der Waals surface area contributed by atoms with E-state index in [4.69, 9.17) is 5.73 Å². The molecule has 0 saturated heterocycles. The Balaban J connectivity index is 1.99. The van der Waals surface area contributed by atoms with E-state index in [0.717, 1.165) is 5.82 Å². The van der Waals surface area contributed by atoms with E-state index in [2.05, 4.69) is 20.0 Å². The molecule has 0 atom stereocenters. The lowest BCUT2D eigenvalue weighted by atomic mass is 10.5. The lowest BCUT2D eigenvalue weighted by Gasteiger charge is -2.02. The summed E-state index contributed by atoms with van der Waals surface area (Å²) in [5.41, 5.74) is 4.76. The van der Waals surface area contributed by atoms with Crippen LogP contribution in [0.15, 0.2) is 12.4 Å². The normalized spacial score (nSPS) is 9.85. The Hall–Kier alpha value is -1.56. The van der Waals surface area contributed by atoms with Crippen LogP contribution in [-0.4, -0.2) is 29.2 Å². The molecule has 1 aromatic rings. The topological polar surface area (TPSA) is 93.0 Å². The molecule has 0 aliphatic heterocycles. The number of amides is 1. The molecule has 72 valence electrons. The van der Waals surface area contributed by atoms with Gasteiger partial charge < -0.3 is 20.8 Å². The number of rotatable bonds is 5. The lowest BCUT2D eigenvalue weighted by Crippen LogP contribution is -2.23. The summed E-state index contributed by atoms with van der Waals surface area (Å²) < 4.78 is 4.51. The van der Waals surface area contributed by atoms with Gasteiger partial charge in [0.1, 0.15) is 12.4 Å². The van der Waals surface area contributed by atoms with Gasteiger partial charge in [0.15, 0.2) is 0 Å². The minimum absolute atomic E-state index is 0.274. The SMILES string of the molecule is NC(=O)OCCNCc1ncc[nH]1. The first-order valence-electron chi connectivity index (χ1n) is 3.90. The van der Waals surface area contributed by atoms with Gasteiger partial charge in [0.2, 0.25) is 0 Å². The van der Waals surface area contributed by atoms with Crippen LogP contribution in [0.4, 0.5) is 4.79 Å². The summed E-state index contributed by atoms with van der Waals surface area (Å²) in [5, 5.41) is 3.02. The standard InChI is InChI=1S/C7H12N4O2/c8-7(12)13-4-3-9-5-6-10-1-2-11-6/h1-2,9H,3-5H2,(H2,8,12)(H,10,11). The van der Waals surface area contributed by atoms with Gasteiger partial charge in [-0.3, -0.25) is 0 Å². The van der Waals surface area contributed by atoms with Crippen molar-refractivity contribution in [2.75, 3.05) is 13.2 Å². The van der Waals surface area contributed by atoms with Gasteiger partial charge in [-0.05, 0) is 0 Å². The highest BCUT2D eigenvalue weighted by atomic mass is 16.5. The molecule has 0 fully saturated rings. The van der Waals surface area contributed by atoms with Crippen LogP contribution in [0.25, 0.3) is 0 Å². The Morgan fingerprint density at radius 1 is 1.77 bits per heavy atom. The second kappa shape index (κ2) is 5.15. The third-order valence-electron chi connectivity index (χ3n) is 1.37. The number of nitrogens with two attached hydrogens (primary N) is 1. The van der Waals surface area contributed by atoms with Crippen molar-refractivity contribution in [2.45, 2.75) is 6.54 Å². The zero-order valence-electron chi connectivity index (χ0n) is 7.12. The minimum atomic E-state index is -0.750. The number of aromatic nitrogens is 2. The third kappa shape index (κ3) is 4.12. The first-order valence-corrected chi connectivity index (χ1v) is 3.90. The summed E-state index contributed by atoms with van der Waals surface area (Å²) in [6.45, 7) is 1.45. The predicted molar refractivity (Wildman–Crippen MR) is 45.8 cm³/mol. The molecule has 13 heavy (non-hydrogen) atoms. The molecule has 0 aliphatic rings. The number of nitrogens with zero attached hydrogens (tertiary/aromatic N) is 1. The highest BCUT2D eigenvalue weighted by Crippen LogP contribution is 1.85. The van der Waals surface area contributed by atoms with Gasteiger partial charge in [0.05, 0.1) is 6.54 Å². The number of imidazole rings is 1. The Morgan fingerprint density at radius 3 is 3.23 bits per heavy atom. The molecule has 0 aliphatic carbocycles. The van der Waals surface area contributed by atoms with E-state index in [1.165, 1.54) is 0 Å². The van der Waals surface area contributed by atoms with Crippen molar-refractivity contribution in [3.05, 3.63) is 18.2 Å². The van der Waals surface area contributed by atoms with Crippen LogP contribution in [-0.2, 0) is 11.3 Å². The molecular formula is C7H12N4O2. The molecule has 1 heterocycles. The zero-order valence-corrected chi connectivity index (χ0v) is 7.12. The number of ether oxygens (including phenoxy) is 1. The van der Waals surface area contributed by atoms with Gasteiger partial charge in [0.25, 0.3) is 0 Å². The molecule has 4 N–H and O–H groups in total. The van der Waals surface area contributed by atoms with Crippen molar-refractivity contribution in [1.82, 2.24) is 15.3 Å². The second-order valence-electron chi connectivity index (χ2n) is 2.38. The van der Waals surface area contributed by atoms with E-state index in [0.29, 0.717) is 13.1 Å². The van der Waals surface area contributed by atoms with Gasteiger partial charge in [-0.1, -0.05) is 0 Å². The van der Waals surface area contributed by atoms with Crippen molar-refractivity contribution in [1.29, 1.82) is 0 Å². The molecule has 0 radical (unpaired) electrons. The third-order valence-corrected chi connectivity index (χ3v) is 1.37. The fourth-order valence-electron chi connectivity index (χ4n) is 0.825. The van der Waals surface area contributed by atoms with E-state index < -0.39 is 6.09 Å². The number of carbonyl (C=O) groups is 1. The maximum Gasteiger partial charge on any atom is 0.404 e. The smallest absolute Gasteiger partial charge is 0.404 e. The van der Waals surface area contributed by atoms with Gasteiger partial charge >= 0.3 is 6.09 Å². The van der Waals surface area contributed by atoms with Crippen molar-refractivity contribution < 1.29 is 9.53 Å². The largest absolute Gasteiger partial charge is 0.448 e. The highest BCUT2D eigenvalue weighted by molar-refractivity contribution is 5.64. The molecule has 1 rings (SSSR count). The van der Waals surface area contributed by atoms with Crippen LogP contribution < -0.4 is 11.1 Å². The number of carbonyl (C=O) groups excluding carboxylic acids is 1. The summed E-state index contributed by atoms with van der Waals surface area (Å²) >= 11 is 0. The number of hydrogen-bond acceptors (Lipinski definition) is 4. The van der Waals surface area contributed by atoms with E-state index in [1.807, 2.05) is 0 Å². The van der Waals surface area contributed by atoms with E-state index in [-0.39, 0.29) is 6.61 Å². The maximum atomic E-state index is 10.1. The molecule has 1 aromatic heterocycles. The van der Waals surface area contributed by atoms with Gasteiger partial charge in [-0.2, -0.15) is 0 Å². The van der Waals surface area contributed by atoms with Gasteiger partial charge in [-0.15, -0.1) is 0 Å². The van der Waals surface area contributed by atoms with Crippen molar-refractivity contribution in [3.63, 3.8) is 0 Å². The fourth-order valence-corrected chi connectivity index (χ4v) is 0.825. The van der Waals surface area contributed by atoms with E-state index >= 15 is 0 Å². The molecule has 6 heteroatoms. The Bertz CT molecular complexity index is 247. The van der Waals surface area contributed by atoms with E-state index in [9.17, 15) is 4.79 Å². The van der Waals surface area contributed by atoms with Gasteiger partial charge in [0, 0.05) is 18.9 Å². The molecule has 0 saturated carbocycles. The quantitative estimate of drug-likeness (QED) is 0.542. The Kier molecular flexibility index (Phi) is 3.77. The van der Waals surface area contributed by atoms with E-state index in [1.54, 1.807) is 12.4 Å². The second-order valence-corrected chi connectivity index (χ2v) is 2.38. The predicted octanol–water partition coefficient (Wildman–Crippen LogP) is -0.405. The van der Waals surface area contributed by atoms with Gasteiger partial charge in [-0.25, -0.2) is 9.78 Å². The molecular weight excluding hydrogens is 172 g/mol. The lowest BCUT2D eigenvalue weighted by molar-refractivity contribution is 0.157. The Labute approximate surface area is 75.5 Å². The van der Waals surface area contributed by atoms with Crippen LogP contribution in [0.3, 0.4) is 0 Å². The summed E-state index contributed by atoms with van der Waals surface area (Å²) in [4.78, 5) is 17.1. The fraction of sp³-hybridized carbons (Fsp3) is 0.429. The summed E-state index contributed by atoms with van der Waals surface area (Å²) in [6, 6.07) is 0. The molecule has 0 spiro atoms. The summed E-state index contributed by atoms with van der Waals surface area (Å²) in [7, 11) is 0. The number of aromatic amines is 1. The average molecular weight is 184 g/mol. The zero-order chi connectivity index (χ0) is 9.52. The Morgan fingerprint density at radius 2 is 2.62 bits per heavy atom. The maximum absolute atomic E-state index is 10.1. The summed E-state index contributed by atoms with van der Waals surface area (Å²) in [5.74, 6) is 0.846. The van der Waals surface area contributed by atoms with Crippen LogP contribution in [0, 0.1) is 0 Å². The number of hydrogen-bond donors (Lipinski definition) is 3. The molecule has 6 nitrogen and oxygen atoms in total. The highest BCUT2D eigenvalue weighted by Gasteiger charge is 1.94. The molecule has 0 unspecified atom stereocenters. The van der Waals surface area contributed by atoms with Crippen LogP contribution in [0.5, 0.6) is 0 Å². The van der Waals surface area contributed by atoms with Crippen molar-refractivity contribution >= 4 is 6.09 Å². The number of H-pyrrole nitrogens is 1. The molecule has 0 bridgehead atoms. The summed E-state index contributed by atoms with van der Waals surface area (Å²) in [6.07, 6.45) is 2.67.